The molecule has 48 heavy (non-hydrogen) atoms. The van der Waals surface area contributed by atoms with Crippen LogP contribution in [-0.2, 0) is 16.1 Å². The summed E-state index contributed by atoms with van der Waals surface area (Å²) in [5.74, 6) is -3.53. The zero-order chi connectivity index (χ0) is 36.8. The Kier molecular flexibility index (Phi) is 16.4. The standard InChI is InChI=1S/C19H17F5N2O4S.C8H7F3O.C2H6.CH3NO/c1-30-11-6-12(20)17(13(21)7-11)10-5-16(28)26(8-10)14-3-2-4-25(18(14)29)9-15(27)19(22,23)31-24;1-6-2-4-7(5-3-6)12-8(9,10)11;1-2;2-1-3/h2-4,6-7,10,15,27H,5,8-9H2,1H3;2-5H,1H3;1-2H3;1H,(H2,2,3). The van der Waals surface area contributed by atoms with Gasteiger partial charge in [0, 0.05) is 42.8 Å². The number of benzene rings is 2. The minimum absolute atomic E-state index is 0.0346. The van der Waals surface area contributed by atoms with Crippen LogP contribution < -0.4 is 25.7 Å². The van der Waals surface area contributed by atoms with Gasteiger partial charge >= 0.3 is 11.6 Å². The Balaban J connectivity index is 0.000000562. The summed E-state index contributed by atoms with van der Waals surface area (Å²) in [6.45, 7) is 4.64. The second-order valence-electron chi connectivity index (χ2n) is 9.41. The van der Waals surface area contributed by atoms with E-state index in [2.05, 4.69) is 10.5 Å². The summed E-state index contributed by atoms with van der Waals surface area (Å²) in [5, 5.41) is 5.38. The quantitative estimate of drug-likeness (QED) is 0.209. The zero-order valence-electron chi connectivity index (χ0n) is 25.9. The van der Waals surface area contributed by atoms with E-state index in [-0.39, 0.29) is 42.1 Å². The minimum atomic E-state index is -4.60. The summed E-state index contributed by atoms with van der Waals surface area (Å²) in [7, 11) is 1.24. The number of primary amides is 1. The van der Waals surface area contributed by atoms with Gasteiger partial charge in [0.25, 0.3) is 5.56 Å². The van der Waals surface area contributed by atoms with Gasteiger partial charge in [-0.25, -0.2) is 8.78 Å². The number of aromatic nitrogens is 1. The van der Waals surface area contributed by atoms with Crippen LogP contribution >= 0.6 is 12.1 Å². The number of carbonyl (C=O) groups is 2. The third-order valence-electron chi connectivity index (χ3n) is 6.23. The number of hydrogen-bond acceptors (Lipinski definition) is 7. The molecule has 1 fully saturated rings. The van der Waals surface area contributed by atoms with Gasteiger partial charge < -0.3 is 29.8 Å². The van der Waals surface area contributed by atoms with Gasteiger partial charge in [-0.15, -0.1) is 13.2 Å². The van der Waals surface area contributed by atoms with Crippen molar-refractivity contribution in [3.8, 4) is 11.5 Å². The SMILES string of the molecule is CC.COc1cc(F)c(C2CC(=O)N(c3cccn(CC(O)C(F)(F)SF)c3=O)C2)c(F)c1.Cc1ccc(OC(F)(F)F)cc1.NC=O. The van der Waals surface area contributed by atoms with Crippen molar-refractivity contribution in [2.75, 3.05) is 18.6 Å². The maximum atomic E-state index is 14.4. The number of anilines is 1. The molecule has 0 saturated carbocycles. The molecule has 1 aromatic heterocycles. The van der Waals surface area contributed by atoms with Crippen LogP contribution in [0.15, 0.2) is 59.5 Å². The highest BCUT2D eigenvalue weighted by molar-refractivity contribution is 7.95. The number of rotatable bonds is 8. The van der Waals surface area contributed by atoms with Gasteiger partial charge in [-0.05, 0) is 31.2 Å². The molecule has 2 heterocycles. The van der Waals surface area contributed by atoms with E-state index in [0.717, 1.165) is 28.8 Å². The second kappa shape index (κ2) is 18.9. The molecule has 2 aromatic carbocycles. The van der Waals surface area contributed by atoms with E-state index in [0.29, 0.717) is 4.57 Å². The number of nitrogens with zero attached hydrogens (tertiary/aromatic N) is 2. The van der Waals surface area contributed by atoms with E-state index >= 15 is 0 Å². The number of aryl methyl sites for hydroxylation is 1. The molecule has 4 rings (SSSR count). The third-order valence-corrected chi connectivity index (χ3v) is 6.71. The molecule has 3 N–H and O–H groups in total. The summed E-state index contributed by atoms with van der Waals surface area (Å²) >= 11 is -1.35. The Labute approximate surface area is 274 Å². The number of ether oxygens (including phenoxy) is 2. The summed E-state index contributed by atoms with van der Waals surface area (Å²) in [6.07, 6.45) is -6.04. The maximum Gasteiger partial charge on any atom is 0.573 e. The fourth-order valence-corrected chi connectivity index (χ4v) is 4.34. The molecule has 18 heteroatoms. The molecule has 2 unspecified atom stereocenters. The van der Waals surface area contributed by atoms with E-state index in [4.69, 9.17) is 9.53 Å². The van der Waals surface area contributed by atoms with Gasteiger partial charge in [0.2, 0.25) is 12.3 Å². The molecule has 266 valence electrons. The molecule has 0 spiro atoms. The number of carbonyl (C=O) groups excluding carboxylic acids is 2. The van der Waals surface area contributed by atoms with Crippen LogP contribution in [0.5, 0.6) is 11.5 Å². The Morgan fingerprint density at radius 3 is 2.06 bits per heavy atom. The van der Waals surface area contributed by atoms with E-state index in [1.54, 1.807) is 19.1 Å². The highest BCUT2D eigenvalue weighted by atomic mass is 32.2. The van der Waals surface area contributed by atoms with Gasteiger partial charge in [-0.1, -0.05) is 31.5 Å². The molecule has 1 saturated heterocycles. The lowest BCUT2D eigenvalue weighted by Crippen LogP contribution is -2.39. The Morgan fingerprint density at radius 2 is 1.58 bits per heavy atom. The Hall–Kier alpha value is -4.32. The van der Waals surface area contributed by atoms with Crippen LogP contribution in [0.3, 0.4) is 0 Å². The van der Waals surface area contributed by atoms with Crippen LogP contribution in [0.1, 0.15) is 37.3 Å². The highest BCUT2D eigenvalue weighted by Gasteiger charge is 2.41. The van der Waals surface area contributed by atoms with Gasteiger partial charge in [0.05, 0.1) is 13.7 Å². The number of pyridine rings is 1. The van der Waals surface area contributed by atoms with Crippen molar-refractivity contribution in [3.05, 3.63) is 87.8 Å². The van der Waals surface area contributed by atoms with Gasteiger partial charge in [0.1, 0.15) is 47.1 Å². The lowest BCUT2D eigenvalue weighted by atomic mass is 9.97. The van der Waals surface area contributed by atoms with Gasteiger partial charge in [-0.3, -0.25) is 14.4 Å². The predicted octanol–water partition coefficient (Wildman–Crippen LogP) is 6.25. The molecule has 1 aliphatic rings. The number of alkyl halides is 5. The van der Waals surface area contributed by atoms with Gasteiger partial charge in [0.15, 0.2) is 0 Å². The Morgan fingerprint density at radius 1 is 1.04 bits per heavy atom. The van der Waals surface area contributed by atoms with E-state index in [1.165, 1.54) is 31.4 Å². The average Bonchev–Trinajstić information content (AvgIpc) is 3.40. The van der Waals surface area contributed by atoms with Crippen molar-refractivity contribution < 1.29 is 58.8 Å². The first kappa shape index (κ1) is 41.7. The molecule has 3 aromatic rings. The highest BCUT2D eigenvalue weighted by Crippen LogP contribution is 2.36. The van der Waals surface area contributed by atoms with Crippen molar-refractivity contribution in [1.29, 1.82) is 0 Å². The van der Waals surface area contributed by atoms with Crippen LogP contribution in [-0.4, -0.2) is 53.4 Å². The van der Waals surface area contributed by atoms with E-state index in [1.807, 2.05) is 13.8 Å². The Bertz CT molecular complexity index is 1520. The van der Waals surface area contributed by atoms with Crippen molar-refractivity contribution in [2.45, 2.75) is 57.4 Å². The molecule has 9 nitrogen and oxygen atoms in total. The van der Waals surface area contributed by atoms with Crippen molar-refractivity contribution >= 4 is 30.2 Å². The number of nitrogens with two attached hydrogens (primary N) is 1. The van der Waals surface area contributed by atoms with Crippen LogP contribution in [0.25, 0.3) is 0 Å². The molecule has 1 aliphatic heterocycles. The molecular formula is C30H33F8N3O6S. The van der Waals surface area contributed by atoms with Crippen molar-refractivity contribution in [2.24, 2.45) is 5.73 Å². The fourth-order valence-electron chi connectivity index (χ4n) is 4.16. The lowest BCUT2D eigenvalue weighted by molar-refractivity contribution is -0.274. The summed E-state index contributed by atoms with van der Waals surface area (Å²) < 4.78 is 112. The third kappa shape index (κ3) is 12.0. The van der Waals surface area contributed by atoms with Crippen LogP contribution in [0.4, 0.5) is 40.3 Å². The van der Waals surface area contributed by atoms with Crippen LogP contribution in [0.2, 0.25) is 0 Å². The lowest BCUT2D eigenvalue weighted by Gasteiger charge is -2.21. The van der Waals surface area contributed by atoms with E-state index in [9.17, 15) is 49.3 Å². The predicted molar refractivity (Wildman–Crippen MR) is 162 cm³/mol. The first-order valence-electron chi connectivity index (χ1n) is 13.8. The summed E-state index contributed by atoms with van der Waals surface area (Å²) in [5.41, 5.74) is 3.62. The molecule has 2 atom stereocenters. The molecular weight excluding hydrogens is 682 g/mol. The number of hydrogen-bond donors (Lipinski definition) is 2. The molecule has 2 amide bonds. The fraction of sp³-hybridized carbons (Fsp3) is 0.367. The smallest absolute Gasteiger partial charge is 0.497 e. The number of aliphatic hydroxyl groups excluding tert-OH is 1. The topological polar surface area (TPSA) is 124 Å². The zero-order valence-corrected chi connectivity index (χ0v) is 26.8. The number of methoxy groups -OCH3 is 1. The number of amides is 2. The summed E-state index contributed by atoms with van der Waals surface area (Å²) in [6, 6.07) is 10.2. The van der Waals surface area contributed by atoms with Crippen molar-refractivity contribution in [1.82, 2.24) is 4.57 Å². The summed E-state index contributed by atoms with van der Waals surface area (Å²) in [4.78, 5) is 34.7. The van der Waals surface area contributed by atoms with Gasteiger partial charge in [-0.2, -0.15) is 12.7 Å². The molecule has 0 radical (unpaired) electrons. The first-order valence-corrected chi connectivity index (χ1v) is 14.6. The maximum absolute atomic E-state index is 14.4. The average molecular weight is 716 g/mol. The van der Waals surface area contributed by atoms with E-state index < -0.39 is 65.4 Å². The molecule has 0 aliphatic carbocycles. The minimum Gasteiger partial charge on any atom is -0.497 e. The molecule has 0 bridgehead atoms. The number of halogens is 8. The largest absolute Gasteiger partial charge is 0.573 e. The second-order valence-corrected chi connectivity index (χ2v) is 10.1. The normalized spacial score (nSPS) is 14.7. The monoisotopic (exact) mass is 715 g/mol. The first-order chi connectivity index (χ1) is 22.5. The van der Waals surface area contributed by atoms with Crippen LogP contribution in [0, 0.1) is 18.6 Å². The number of aliphatic hydroxyl groups is 1. The van der Waals surface area contributed by atoms with Crippen molar-refractivity contribution in [3.63, 3.8) is 0 Å².